The predicted molar refractivity (Wildman–Crippen MR) is 98.4 cm³/mol. The van der Waals surface area contributed by atoms with E-state index < -0.39 is 0 Å². The van der Waals surface area contributed by atoms with Crippen molar-refractivity contribution in [3.63, 3.8) is 0 Å². The zero-order chi connectivity index (χ0) is 18.1. The molecule has 0 saturated heterocycles. The smallest absolute Gasteiger partial charge is 0.162 e. The summed E-state index contributed by atoms with van der Waals surface area (Å²) in [5.41, 5.74) is 2.19. The Morgan fingerprint density at radius 2 is 1.88 bits per heavy atom. The molecule has 0 aliphatic carbocycles. The lowest BCUT2D eigenvalue weighted by Gasteiger charge is -2.11. The maximum absolute atomic E-state index is 9.48. The van der Waals surface area contributed by atoms with Gasteiger partial charge in [-0.25, -0.2) is 0 Å². The minimum atomic E-state index is 0.171. The molecular formula is C21H19NO3. The van der Waals surface area contributed by atoms with Gasteiger partial charge in [0.25, 0.3) is 0 Å². The number of nitrogens with zero attached hydrogens (tertiary/aromatic N) is 1. The third-order valence-corrected chi connectivity index (χ3v) is 3.41. The molecule has 0 atom stereocenters. The van der Waals surface area contributed by atoms with Crippen molar-refractivity contribution in [3.8, 4) is 35.7 Å². The van der Waals surface area contributed by atoms with Crippen LogP contribution in [0.2, 0.25) is 0 Å². The first-order valence-electron chi connectivity index (χ1n) is 7.81. The van der Waals surface area contributed by atoms with Crippen LogP contribution in [0.25, 0.3) is 11.6 Å². The molecule has 0 bridgehead atoms. The van der Waals surface area contributed by atoms with Crippen molar-refractivity contribution >= 4 is 11.6 Å². The number of terminal acetylenes is 1. The minimum absolute atomic E-state index is 0.171. The number of methoxy groups -OCH3 is 1. The molecule has 0 amide bonds. The van der Waals surface area contributed by atoms with Gasteiger partial charge < -0.3 is 14.2 Å². The monoisotopic (exact) mass is 333 g/mol. The highest BCUT2D eigenvalue weighted by atomic mass is 16.5. The molecular weight excluding hydrogens is 314 g/mol. The Hall–Kier alpha value is -3.37. The first kappa shape index (κ1) is 18.0. The lowest BCUT2D eigenvalue weighted by molar-refractivity contribution is 0.299. The van der Waals surface area contributed by atoms with Gasteiger partial charge in [0.15, 0.2) is 11.5 Å². The van der Waals surface area contributed by atoms with Crippen LogP contribution < -0.4 is 14.2 Å². The van der Waals surface area contributed by atoms with Crippen LogP contribution in [0.1, 0.15) is 18.1 Å². The average molecular weight is 333 g/mol. The number of ether oxygens (including phenoxy) is 3. The fourth-order valence-corrected chi connectivity index (χ4v) is 2.24. The average Bonchev–Trinajstić information content (AvgIpc) is 2.66. The van der Waals surface area contributed by atoms with Crippen molar-refractivity contribution < 1.29 is 14.2 Å². The Morgan fingerprint density at radius 1 is 1.12 bits per heavy atom. The van der Waals surface area contributed by atoms with Crippen LogP contribution in [0.15, 0.2) is 42.5 Å². The van der Waals surface area contributed by atoms with Gasteiger partial charge in [-0.3, -0.25) is 0 Å². The van der Waals surface area contributed by atoms with Gasteiger partial charge >= 0.3 is 0 Å². The maximum Gasteiger partial charge on any atom is 0.162 e. The molecule has 0 aliphatic heterocycles. The number of rotatable bonds is 7. The molecule has 0 aromatic heterocycles. The molecule has 4 nitrogen and oxygen atoms in total. The first-order chi connectivity index (χ1) is 12.2. The van der Waals surface area contributed by atoms with Gasteiger partial charge in [-0.15, -0.1) is 6.42 Å². The molecule has 25 heavy (non-hydrogen) atoms. The molecule has 0 aliphatic rings. The third kappa shape index (κ3) is 4.80. The standard InChI is InChI=1S/C21H19NO3/c1-4-12-25-20-11-6-16(14-21(20)24-5-2)13-18(15-22)17-7-9-19(23-3)10-8-17/h1,6-11,13-14H,5,12H2,2-3H3/b18-13+. The number of benzene rings is 2. The zero-order valence-corrected chi connectivity index (χ0v) is 14.3. The molecule has 2 rings (SSSR count). The van der Waals surface area contributed by atoms with E-state index in [2.05, 4.69) is 12.0 Å². The van der Waals surface area contributed by atoms with Crippen molar-refractivity contribution in [2.24, 2.45) is 0 Å². The van der Waals surface area contributed by atoms with E-state index in [4.69, 9.17) is 20.6 Å². The summed E-state index contributed by atoms with van der Waals surface area (Å²) in [6.45, 7) is 2.57. The quantitative estimate of drug-likeness (QED) is 0.433. The highest BCUT2D eigenvalue weighted by molar-refractivity contribution is 5.90. The molecule has 0 radical (unpaired) electrons. The Bertz CT molecular complexity index is 824. The zero-order valence-electron chi connectivity index (χ0n) is 14.3. The predicted octanol–water partition coefficient (Wildman–Crippen LogP) is 4.17. The Balaban J connectivity index is 2.34. The topological polar surface area (TPSA) is 51.5 Å². The fraction of sp³-hybridized carbons (Fsp3) is 0.190. The lowest BCUT2D eigenvalue weighted by atomic mass is 10.0. The highest BCUT2D eigenvalue weighted by Crippen LogP contribution is 2.30. The van der Waals surface area contributed by atoms with Gasteiger partial charge in [0.1, 0.15) is 12.4 Å². The second kappa shape index (κ2) is 9.05. The van der Waals surface area contributed by atoms with Crippen molar-refractivity contribution in [2.45, 2.75) is 6.92 Å². The summed E-state index contributed by atoms with van der Waals surface area (Å²) in [6.07, 6.45) is 7.03. The van der Waals surface area contributed by atoms with E-state index in [0.29, 0.717) is 23.7 Å². The van der Waals surface area contributed by atoms with Gasteiger partial charge in [0.2, 0.25) is 0 Å². The van der Waals surface area contributed by atoms with E-state index in [9.17, 15) is 5.26 Å². The van der Waals surface area contributed by atoms with E-state index in [1.165, 1.54) is 0 Å². The summed E-state index contributed by atoms with van der Waals surface area (Å²) < 4.78 is 16.2. The Labute approximate surface area is 148 Å². The van der Waals surface area contributed by atoms with Crippen LogP contribution >= 0.6 is 0 Å². The third-order valence-electron chi connectivity index (χ3n) is 3.41. The van der Waals surface area contributed by atoms with E-state index >= 15 is 0 Å². The first-order valence-corrected chi connectivity index (χ1v) is 7.81. The molecule has 0 unspecified atom stereocenters. The van der Waals surface area contributed by atoms with Crippen LogP contribution in [-0.4, -0.2) is 20.3 Å². The number of hydrogen-bond acceptors (Lipinski definition) is 4. The van der Waals surface area contributed by atoms with Crippen molar-refractivity contribution in [1.82, 2.24) is 0 Å². The molecule has 126 valence electrons. The number of hydrogen-bond donors (Lipinski definition) is 0. The van der Waals surface area contributed by atoms with Gasteiger partial charge in [0.05, 0.1) is 25.4 Å². The second-order valence-electron chi connectivity index (χ2n) is 5.03. The van der Waals surface area contributed by atoms with E-state index in [1.54, 1.807) is 19.3 Å². The molecule has 0 N–H and O–H groups in total. The van der Waals surface area contributed by atoms with Crippen LogP contribution in [0, 0.1) is 23.7 Å². The number of allylic oxidation sites excluding steroid dienone is 1. The summed E-state index contributed by atoms with van der Waals surface area (Å²) in [4.78, 5) is 0. The van der Waals surface area contributed by atoms with Gasteiger partial charge in [-0.05, 0) is 60.5 Å². The summed E-state index contributed by atoms with van der Waals surface area (Å²) >= 11 is 0. The van der Waals surface area contributed by atoms with Crippen molar-refractivity contribution in [1.29, 1.82) is 5.26 Å². The van der Waals surface area contributed by atoms with Crippen LogP contribution in [0.5, 0.6) is 17.2 Å². The normalized spacial score (nSPS) is 10.5. The summed E-state index contributed by atoms with van der Waals surface area (Å²) in [6, 6.07) is 15.0. The Morgan fingerprint density at radius 3 is 2.48 bits per heavy atom. The molecule has 0 saturated carbocycles. The van der Waals surface area contributed by atoms with Gasteiger partial charge in [0, 0.05) is 0 Å². The summed E-state index contributed by atoms with van der Waals surface area (Å²) in [5, 5.41) is 9.48. The fourth-order valence-electron chi connectivity index (χ4n) is 2.24. The summed E-state index contributed by atoms with van der Waals surface area (Å²) in [5.74, 6) is 4.35. The summed E-state index contributed by atoms with van der Waals surface area (Å²) in [7, 11) is 1.61. The van der Waals surface area contributed by atoms with E-state index in [0.717, 1.165) is 16.9 Å². The molecule has 0 spiro atoms. The largest absolute Gasteiger partial charge is 0.497 e. The molecule has 2 aromatic carbocycles. The van der Waals surface area contributed by atoms with Gasteiger partial charge in [-0.1, -0.05) is 12.0 Å². The Kier molecular flexibility index (Phi) is 6.51. The van der Waals surface area contributed by atoms with Crippen molar-refractivity contribution in [3.05, 3.63) is 53.6 Å². The SMILES string of the molecule is C#CCOc1ccc(/C=C(\C#N)c2ccc(OC)cc2)cc1OCC. The second-order valence-corrected chi connectivity index (χ2v) is 5.03. The van der Waals surface area contributed by atoms with E-state index in [-0.39, 0.29) is 6.61 Å². The highest BCUT2D eigenvalue weighted by Gasteiger charge is 2.07. The molecule has 0 heterocycles. The molecule has 0 fully saturated rings. The minimum Gasteiger partial charge on any atom is -0.497 e. The van der Waals surface area contributed by atoms with Crippen LogP contribution in [0.4, 0.5) is 0 Å². The lowest BCUT2D eigenvalue weighted by Crippen LogP contribution is -1.99. The number of nitriles is 1. The molecule has 2 aromatic rings. The van der Waals surface area contributed by atoms with E-state index in [1.807, 2.05) is 43.3 Å². The van der Waals surface area contributed by atoms with Gasteiger partial charge in [-0.2, -0.15) is 5.26 Å². The maximum atomic E-state index is 9.48. The van der Waals surface area contributed by atoms with Crippen LogP contribution in [0.3, 0.4) is 0 Å². The molecule has 4 heteroatoms. The van der Waals surface area contributed by atoms with Crippen LogP contribution in [-0.2, 0) is 0 Å². The van der Waals surface area contributed by atoms with Crippen molar-refractivity contribution in [2.75, 3.05) is 20.3 Å².